The Morgan fingerprint density at radius 1 is 1.25 bits per heavy atom. The standard InChI is InChI=1S/C17H26N4O3/c1-20(2)17(22)14-5-4-13(24-14)12-6-8-21(9-7-12)15-10-16(23-3)19-11-18-15/h10-14H,4-9H2,1-3H3/t13-,14+/m0/s1. The lowest BCUT2D eigenvalue weighted by Gasteiger charge is -2.35. The van der Waals surface area contributed by atoms with Crippen LogP contribution in [0.5, 0.6) is 5.88 Å². The summed E-state index contributed by atoms with van der Waals surface area (Å²) in [6.45, 7) is 1.88. The Morgan fingerprint density at radius 3 is 2.67 bits per heavy atom. The van der Waals surface area contributed by atoms with Gasteiger partial charge in [0, 0.05) is 33.3 Å². The fourth-order valence-electron chi connectivity index (χ4n) is 3.59. The van der Waals surface area contributed by atoms with E-state index in [1.165, 1.54) is 6.33 Å². The van der Waals surface area contributed by atoms with E-state index in [4.69, 9.17) is 9.47 Å². The quantitative estimate of drug-likeness (QED) is 0.828. The molecule has 0 spiro atoms. The summed E-state index contributed by atoms with van der Waals surface area (Å²) in [7, 11) is 5.18. The maximum Gasteiger partial charge on any atom is 0.251 e. The van der Waals surface area contributed by atoms with Crippen molar-refractivity contribution < 1.29 is 14.3 Å². The van der Waals surface area contributed by atoms with Crippen LogP contribution in [-0.4, -0.2) is 67.3 Å². The molecule has 1 aromatic heterocycles. The van der Waals surface area contributed by atoms with Crippen LogP contribution in [0.4, 0.5) is 5.82 Å². The molecule has 0 aromatic carbocycles. The van der Waals surface area contributed by atoms with Crippen LogP contribution in [-0.2, 0) is 9.53 Å². The molecule has 2 fully saturated rings. The number of aromatic nitrogens is 2. The Bertz CT molecular complexity index is 573. The first kappa shape index (κ1) is 17.0. The molecule has 1 aromatic rings. The molecule has 0 bridgehead atoms. The highest BCUT2D eigenvalue weighted by Crippen LogP contribution is 2.33. The minimum Gasteiger partial charge on any atom is -0.481 e. The Morgan fingerprint density at radius 2 is 2.00 bits per heavy atom. The summed E-state index contributed by atoms with van der Waals surface area (Å²) in [5.41, 5.74) is 0. The van der Waals surface area contributed by atoms with Gasteiger partial charge in [0.2, 0.25) is 5.88 Å². The van der Waals surface area contributed by atoms with Crippen LogP contribution in [0.3, 0.4) is 0 Å². The van der Waals surface area contributed by atoms with E-state index in [0.29, 0.717) is 11.8 Å². The molecule has 0 aliphatic carbocycles. The summed E-state index contributed by atoms with van der Waals surface area (Å²) in [4.78, 5) is 24.3. The van der Waals surface area contributed by atoms with E-state index in [9.17, 15) is 4.79 Å². The van der Waals surface area contributed by atoms with Gasteiger partial charge in [0.1, 0.15) is 18.2 Å². The third kappa shape index (κ3) is 3.61. The van der Waals surface area contributed by atoms with Crippen molar-refractivity contribution in [2.24, 2.45) is 5.92 Å². The van der Waals surface area contributed by atoms with Gasteiger partial charge in [-0.05, 0) is 31.6 Å². The third-order valence-corrected chi connectivity index (χ3v) is 4.99. The number of likely N-dealkylation sites (N-methyl/N-ethyl adjacent to an activating group) is 1. The predicted octanol–water partition coefficient (Wildman–Crippen LogP) is 1.34. The Hall–Kier alpha value is -1.89. The second-order valence-electron chi connectivity index (χ2n) is 6.72. The molecule has 0 saturated carbocycles. The average molecular weight is 334 g/mol. The number of carbonyl (C=O) groups is 1. The molecular weight excluding hydrogens is 308 g/mol. The van der Waals surface area contributed by atoms with Crippen molar-refractivity contribution in [1.82, 2.24) is 14.9 Å². The van der Waals surface area contributed by atoms with E-state index in [2.05, 4.69) is 14.9 Å². The summed E-state index contributed by atoms with van der Waals surface area (Å²) in [6.07, 6.45) is 5.42. The van der Waals surface area contributed by atoms with Crippen molar-refractivity contribution in [1.29, 1.82) is 0 Å². The van der Waals surface area contributed by atoms with Crippen molar-refractivity contribution in [3.8, 4) is 5.88 Å². The molecular formula is C17H26N4O3. The molecule has 2 saturated heterocycles. The number of anilines is 1. The lowest BCUT2D eigenvalue weighted by molar-refractivity contribution is -0.141. The fraction of sp³-hybridized carbons (Fsp3) is 0.706. The molecule has 0 N–H and O–H groups in total. The Kier molecular flexibility index (Phi) is 5.18. The molecule has 3 heterocycles. The SMILES string of the molecule is COc1cc(N2CCC([C@@H]3CC[C@H](C(=O)N(C)C)O3)CC2)ncn1. The van der Waals surface area contributed by atoms with E-state index in [0.717, 1.165) is 44.6 Å². The van der Waals surface area contributed by atoms with E-state index in [1.807, 2.05) is 6.07 Å². The highest BCUT2D eigenvalue weighted by atomic mass is 16.5. The lowest BCUT2D eigenvalue weighted by Crippen LogP contribution is -2.39. The summed E-state index contributed by atoms with van der Waals surface area (Å²) < 4.78 is 11.2. The highest BCUT2D eigenvalue weighted by molar-refractivity contribution is 5.80. The van der Waals surface area contributed by atoms with Crippen LogP contribution >= 0.6 is 0 Å². The third-order valence-electron chi connectivity index (χ3n) is 4.99. The smallest absolute Gasteiger partial charge is 0.251 e. The molecule has 2 aliphatic rings. The second kappa shape index (κ2) is 7.34. The fourth-order valence-corrected chi connectivity index (χ4v) is 3.59. The van der Waals surface area contributed by atoms with E-state index >= 15 is 0 Å². The van der Waals surface area contributed by atoms with Crippen LogP contribution in [0.25, 0.3) is 0 Å². The first-order valence-corrected chi connectivity index (χ1v) is 8.56. The molecule has 7 nitrogen and oxygen atoms in total. The molecule has 1 amide bonds. The molecule has 24 heavy (non-hydrogen) atoms. The number of carbonyl (C=O) groups excluding carboxylic acids is 1. The second-order valence-corrected chi connectivity index (χ2v) is 6.72. The number of nitrogens with zero attached hydrogens (tertiary/aromatic N) is 4. The number of ether oxygens (including phenoxy) is 2. The largest absolute Gasteiger partial charge is 0.481 e. The zero-order valence-corrected chi connectivity index (χ0v) is 14.6. The van der Waals surface area contributed by atoms with Crippen molar-refractivity contribution in [3.63, 3.8) is 0 Å². The predicted molar refractivity (Wildman–Crippen MR) is 90.1 cm³/mol. The summed E-state index contributed by atoms with van der Waals surface area (Å²) >= 11 is 0. The van der Waals surface area contributed by atoms with Crippen LogP contribution in [0.15, 0.2) is 12.4 Å². The van der Waals surface area contributed by atoms with E-state index in [-0.39, 0.29) is 18.1 Å². The molecule has 2 aliphatic heterocycles. The van der Waals surface area contributed by atoms with Gasteiger partial charge < -0.3 is 19.3 Å². The molecule has 7 heteroatoms. The number of hydrogen-bond acceptors (Lipinski definition) is 6. The zero-order chi connectivity index (χ0) is 17.1. The first-order valence-electron chi connectivity index (χ1n) is 8.56. The lowest BCUT2D eigenvalue weighted by atomic mass is 9.90. The number of rotatable bonds is 4. The molecule has 2 atom stereocenters. The summed E-state index contributed by atoms with van der Waals surface area (Å²) in [5.74, 6) is 2.10. The van der Waals surface area contributed by atoms with E-state index in [1.54, 1.807) is 26.1 Å². The van der Waals surface area contributed by atoms with Crippen molar-refractivity contribution in [2.75, 3.05) is 39.2 Å². The van der Waals surface area contributed by atoms with Crippen molar-refractivity contribution >= 4 is 11.7 Å². The highest BCUT2D eigenvalue weighted by Gasteiger charge is 2.37. The van der Waals surface area contributed by atoms with Gasteiger partial charge in [0.25, 0.3) is 5.91 Å². The van der Waals surface area contributed by atoms with Crippen molar-refractivity contribution in [3.05, 3.63) is 12.4 Å². The minimum atomic E-state index is -0.255. The Labute approximate surface area is 143 Å². The van der Waals surface area contributed by atoms with Gasteiger partial charge in [-0.2, -0.15) is 0 Å². The zero-order valence-electron chi connectivity index (χ0n) is 14.6. The summed E-state index contributed by atoms with van der Waals surface area (Å²) in [5, 5.41) is 0. The topological polar surface area (TPSA) is 67.8 Å². The normalized spacial score (nSPS) is 24.9. The molecule has 132 valence electrons. The monoisotopic (exact) mass is 334 g/mol. The first-order chi connectivity index (χ1) is 11.6. The van der Waals surface area contributed by atoms with Gasteiger partial charge in [0.05, 0.1) is 13.2 Å². The number of methoxy groups -OCH3 is 1. The number of piperidine rings is 1. The van der Waals surface area contributed by atoms with Gasteiger partial charge in [0.15, 0.2) is 0 Å². The van der Waals surface area contributed by atoms with Gasteiger partial charge in [-0.15, -0.1) is 0 Å². The van der Waals surface area contributed by atoms with Crippen molar-refractivity contribution in [2.45, 2.75) is 37.9 Å². The Balaban J connectivity index is 1.53. The number of hydrogen-bond donors (Lipinski definition) is 0. The van der Waals surface area contributed by atoms with E-state index < -0.39 is 0 Å². The van der Waals surface area contributed by atoms with Crippen LogP contribution in [0.1, 0.15) is 25.7 Å². The maximum atomic E-state index is 12.0. The number of amides is 1. The van der Waals surface area contributed by atoms with Gasteiger partial charge >= 0.3 is 0 Å². The molecule has 3 rings (SSSR count). The molecule has 0 unspecified atom stereocenters. The van der Waals surface area contributed by atoms with Gasteiger partial charge in [-0.1, -0.05) is 0 Å². The van der Waals surface area contributed by atoms with Crippen LogP contribution < -0.4 is 9.64 Å². The average Bonchev–Trinajstić information content (AvgIpc) is 3.11. The van der Waals surface area contributed by atoms with Gasteiger partial charge in [-0.3, -0.25) is 4.79 Å². The van der Waals surface area contributed by atoms with Crippen LogP contribution in [0.2, 0.25) is 0 Å². The van der Waals surface area contributed by atoms with Crippen LogP contribution in [0, 0.1) is 5.92 Å². The summed E-state index contributed by atoms with van der Waals surface area (Å²) in [6, 6.07) is 1.87. The maximum absolute atomic E-state index is 12.0. The molecule has 0 radical (unpaired) electrons. The minimum absolute atomic E-state index is 0.0861. The van der Waals surface area contributed by atoms with Gasteiger partial charge in [-0.25, -0.2) is 9.97 Å².